The lowest BCUT2D eigenvalue weighted by Crippen LogP contribution is -2.45. The number of carboxylic acid groups (broad SMARTS) is 1. The zero-order valence-electron chi connectivity index (χ0n) is 13.1. The number of amides is 2. The van der Waals surface area contributed by atoms with Gasteiger partial charge >= 0.3 is 5.97 Å². The zero-order valence-corrected chi connectivity index (χ0v) is 13.1. The van der Waals surface area contributed by atoms with Crippen LogP contribution in [0.2, 0.25) is 0 Å². The fourth-order valence-corrected chi connectivity index (χ4v) is 3.29. The molecule has 0 aliphatic carbocycles. The molecule has 3 rings (SSSR count). The van der Waals surface area contributed by atoms with Crippen LogP contribution in [0, 0.1) is 5.92 Å². The monoisotopic (exact) mass is 316 g/mol. The SMILES string of the molecule is CC1CCN([C@@H]2CC(=O)N(c3cccc(C(=O)O)c3)C2=O)CC1. The normalized spacial score (nSPS) is 23.5. The largest absolute Gasteiger partial charge is 0.478 e. The predicted molar refractivity (Wildman–Crippen MR) is 84.3 cm³/mol. The van der Waals surface area contributed by atoms with Crippen molar-refractivity contribution in [3.8, 4) is 0 Å². The van der Waals surface area contributed by atoms with Crippen LogP contribution in [0.15, 0.2) is 24.3 Å². The van der Waals surface area contributed by atoms with Gasteiger partial charge in [-0.25, -0.2) is 9.69 Å². The molecule has 1 aromatic carbocycles. The van der Waals surface area contributed by atoms with Gasteiger partial charge in [-0.05, 0) is 50.0 Å². The molecule has 0 aromatic heterocycles. The van der Waals surface area contributed by atoms with E-state index in [9.17, 15) is 14.4 Å². The van der Waals surface area contributed by atoms with Crippen LogP contribution >= 0.6 is 0 Å². The van der Waals surface area contributed by atoms with E-state index in [-0.39, 0.29) is 23.8 Å². The number of hydrogen-bond acceptors (Lipinski definition) is 4. The summed E-state index contributed by atoms with van der Waals surface area (Å²) in [6, 6.07) is 5.56. The van der Waals surface area contributed by atoms with Gasteiger partial charge < -0.3 is 5.11 Å². The minimum Gasteiger partial charge on any atom is -0.478 e. The van der Waals surface area contributed by atoms with Crippen molar-refractivity contribution in [1.82, 2.24) is 4.90 Å². The van der Waals surface area contributed by atoms with Crippen molar-refractivity contribution in [2.24, 2.45) is 5.92 Å². The highest BCUT2D eigenvalue weighted by atomic mass is 16.4. The Morgan fingerprint density at radius 2 is 1.91 bits per heavy atom. The van der Waals surface area contributed by atoms with Gasteiger partial charge in [-0.15, -0.1) is 0 Å². The van der Waals surface area contributed by atoms with Crippen molar-refractivity contribution in [3.05, 3.63) is 29.8 Å². The van der Waals surface area contributed by atoms with Gasteiger partial charge in [0.2, 0.25) is 5.91 Å². The van der Waals surface area contributed by atoms with Gasteiger partial charge in [0.25, 0.3) is 5.91 Å². The van der Waals surface area contributed by atoms with E-state index in [2.05, 4.69) is 11.8 Å². The second-order valence-electron chi connectivity index (χ2n) is 6.36. The van der Waals surface area contributed by atoms with Crippen molar-refractivity contribution >= 4 is 23.5 Å². The fraction of sp³-hybridized carbons (Fsp3) is 0.471. The van der Waals surface area contributed by atoms with Gasteiger partial charge in [0, 0.05) is 0 Å². The first kappa shape index (κ1) is 15.7. The number of piperidine rings is 1. The highest BCUT2D eigenvalue weighted by Crippen LogP contribution is 2.28. The smallest absolute Gasteiger partial charge is 0.335 e. The molecular formula is C17H20N2O4. The van der Waals surface area contributed by atoms with Crippen LogP contribution in [0.4, 0.5) is 5.69 Å². The van der Waals surface area contributed by atoms with Gasteiger partial charge in [-0.2, -0.15) is 0 Å². The molecule has 1 N–H and O–H groups in total. The van der Waals surface area contributed by atoms with Crippen LogP contribution in [0.3, 0.4) is 0 Å². The van der Waals surface area contributed by atoms with Gasteiger partial charge in [0.1, 0.15) is 0 Å². The Balaban J connectivity index is 1.81. The third-order valence-electron chi connectivity index (χ3n) is 4.73. The van der Waals surface area contributed by atoms with Gasteiger partial charge in [-0.3, -0.25) is 14.5 Å². The van der Waals surface area contributed by atoms with Crippen molar-refractivity contribution in [3.63, 3.8) is 0 Å². The molecule has 6 nitrogen and oxygen atoms in total. The Labute approximate surface area is 134 Å². The average molecular weight is 316 g/mol. The summed E-state index contributed by atoms with van der Waals surface area (Å²) in [4.78, 5) is 39.3. The topological polar surface area (TPSA) is 77.9 Å². The molecule has 0 bridgehead atoms. The van der Waals surface area contributed by atoms with E-state index in [1.165, 1.54) is 12.1 Å². The number of hydrogen-bond donors (Lipinski definition) is 1. The number of benzene rings is 1. The molecule has 122 valence electrons. The van der Waals surface area contributed by atoms with E-state index in [4.69, 9.17) is 5.11 Å². The summed E-state index contributed by atoms with van der Waals surface area (Å²) >= 11 is 0. The Hall–Kier alpha value is -2.21. The molecule has 2 fully saturated rings. The molecule has 2 saturated heterocycles. The highest BCUT2D eigenvalue weighted by molar-refractivity contribution is 6.22. The van der Waals surface area contributed by atoms with Crippen LogP contribution in [-0.4, -0.2) is 46.9 Å². The van der Waals surface area contributed by atoms with E-state index in [1.54, 1.807) is 12.1 Å². The van der Waals surface area contributed by atoms with Crippen molar-refractivity contribution in [2.75, 3.05) is 18.0 Å². The quantitative estimate of drug-likeness (QED) is 0.860. The van der Waals surface area contributed by atoms with Gasteiger partial charge in [-0.1, -0.05) is 13.0 Å². The number of aromatic carboxylic acids is 1. The molecule has 0 saturated carbocycles. The Kier molecular flexibility index (Phi) is 4.17. The number of carboxylic acids is 1. The van der Waals surface area contributed by atoms with E-state index in [0.29, 0.717) is 11.6 Å². The maximum Gasteiger partial charge on any atom is 0.335 e. The second kappa shape index (κ2) is 6.12. The molecule has 23 heavy (non-hydrogen) atoms. The Morgan fingerprint density at radius 3 is 2.57 bits per heavy atom. The molecule has 2 heterocycles. The zero-order chi connectivity index (χ0) is 16.6. The summed E-state index contributed by atoms with van der Waals surface area (Å²) in [5, 5.41) is 9.07. The summed E-state index contributed by atoms with van der Waals surface area (Å²) < 4.78 is 0. The number of carbonyl (C=O) groups is 3. The first-order valence-corrected chi connectivity index (χ1v) is 7.91. The summed E-state index contributed by atoms with van der Waals surface area (Å²) in [5.41, 5.74) is 0.408. The number of anilines is 1. The van der Waals surface area contributed by atoms with Crippen LogP contribution in [0.25, 0.3) is 0 Å². The standard InChI is InChI=1S/C17H20N2O4/c1-11-5-7-18(8-6-11)14-10-15(20)19(16(14)21)13-4-2-3-12(9-13)17(22)23/h2-4,9,11,14H,5-8,10H2,1H3,(H,22,23)/t14-/m1/s1. The molecule has 0 unspecified atom stereocenters. The van der Waals surface area contributed by atoms with E-state index in [0.717, 1.165) is 30.8 Å². The molecule has 2 aliphatic heterocycles. The molecule has 0 radical (unpaired) electrons. The lowest BCUT2D eigenvalue weighted by Gasteiger charge is -2.33. The van der Waals surface area contributed by atoms with Crippen molar-refractivity contribution in [2.45, 2.75) is 32.2 Å². The van der Waals surface area contributed by atoms with Crippen LogP contribution in [-0.2, 0) is 9.59 Å². The molecule has 2 aliphatic rings. The van der Waals surface area contributed by atoms with Crippen LogP contribution in [0.1, 0.15) is 36.5 Å². The van der Waals surface area contributed by atoms with E-state index < -0.39 is 12.0 Å². The third kappa shape index (κ3) is 2.99. The van der Waals surface area contributed by atoms with Crippen LogP contribution in [0.5, 0.6) is 0 Å². The van der Waals surface area contributed by atoms with Crippen molar-refractivity contribution in [1.29, 1.82) is 0 Å². The van der Waals surface area contributed by atoms with E-state index in [1.807, 2.05) is 0 Å². The lowest BCUT2D eigenvalue weighted by molar-refractivity contribution is -0.123. The number of nitrogens with zero attached hydrogens (tertiary/aromatic N) is 2. The van der Waals surface area contributed by atoms with Gasteiger partial charge in [0.15, 0.2) is 0 Å². The number of carbonyl (C=O) groups excluding carboxylic acids is 2. The average Bonchev–Trinajstić information content (AvgIpc) is 2.83. The summed E-state index contributed by atoms with van der Waals surface area (Å²) in [6.07, 6.45) is 2.24. The fourth-order valence-electron chi connectivity index (χ4n) is 3.29. The third-order valence-corrected chi connectivity index (χ3v) is 4.73. The molecular weight excluding hydrogens is 296 g/mol. The molecule has 2 amide bonds. The van der Waals surface area contributed by atoms with Crippen molar-refractivity contribution < 1.29 is 19.5 Å². The molecule has 1 aromatic rings. The molecule has 0 spiro atoms. The molecule has 1 atom stereocenters. The summed E-state index contributed by atoms with van der Waals surface area (Å²) in [5.74, 6) is -0.928. The predicted octanol–water partition coefficient (Wildman–Crippen LogP) is 1.75. The first-order chi connectivity index (χ1) is 11.0. The Bertz CT molecular complexity index is 650. The second-order valence-corrected chi connectivity index (χ2v) is 6.36. The van der Waals surface area contributed by atoms with Gasteiger partial charge in [0.05, 0.1) is 23.7 Å². The number of imide groups is 1. The summed E-state index contributed by atoms with van der Waals surface area (Å²) in [7, 11) is 0. The Morgan fingerprint density at radius 1 is 1.22 bits per heavy atom. The van der Waals surface area contributed by atoms with Crippen LogP contribution < -0.4 is 4.90 Å². The highest BCUT2D eigenvalue weighted by Gasteiger charge is 2.43. The maximum absolute atomic E-state index is 12.7. The maximum atomic E-state index is 12.7. The number of rotatable bonds is 3. The lowest BCUT2D eigenvalue weighted by atomic mass is 9.97. The minimum absolute atomic E-state index is 0.0679. The minimum atomic E-state index is -1.08. The van der Waals surface area contributed by atoms with E-state index >= 15 is 0 Å². The summed E-state index contributed by atoms with van der Waals surface area (Å²) in [6.45, 7) is 3.85. The number of likely N-dealkylation sites (tertiary alicyclic amines) is 1. The first-order valence-electron chi connectivity index (χ1n) is 7.91. The molecule has 6 heteroatoms.